The standard InChI is InChI=1S/C32H27N5O2/c1-22-6-4-17-34-30(22)24-10-12-25(13-11-24)32(39)37-21-27-14-15-29(31(38)35-19-23-7-5-16-33-18-23)36(27)20-26-8-2-3-9-28(26)37/h2-18H,19-21H2,1H3,(H,35,38). The Balaban J connectivity index is 1.28. The molecule has 7 heteroatoms. The van der Waals surface area contributed by atoms with E-state index in [1.165, 1.54) is 0 Å². The number of benzene rings is 2. The van der Waals surface area contributed by atoms with Gasteiger partial charge in [0.05, 0.1) is 18.8 Å². The van der Waals surface area contributed by atoms with Crippen LogP contribution in [0.15, 0.2) is 104 Å². The van der Waals surface area contributed by atoms with Crippen LogP contribution < -0.4 is 10.2 Å². The first kappa shape index (κ1) is 24.3. The molecule has 1 aliphatic rings. The SMILES string of the molecule is Cc1cccnc1-c1ccc(C(=O)N2Cc3ccc(C(=O)NCc4cccnc4)n3Cc3ccccc32)cc1. The van der Waals surface area contributed by atoms with Gasteiger partial charge in [-0.3, -0.25) is 19.6 Å². The summed E-state index contributed by atoms with van der Waals surface area (Å²) in [6.45, 7) is 3.27. The Morgan fingerprint density at radius 3 is 2.49 bits per heavy atom. The number of carbonyl (C=O) groups excluding carboxylic acids is 2. The number of amides is 2. The number of para-hydroxylation sites is 1. The number of nitrogens with zero attached hydrogens (tertiary/aromatic N) is 4. The topological polar surface area (TPSA) is 80.1 Å². The first-order chi connectivity index (χ1) is 19.1. The van der Waals surface area contributed by atoms with Gasteiger partial charge in [0, 0.05) is 47.6 Å². The molecule has 0 saturated carbocycles. The highest BCUT2D eigenvalue weighted by atomic mass is 16.2. The van der Waals surface area contributed by atoms with Gasteiger partial charge in [0.15, 0.2) is 0 Å². The predicted molar refractivity (Wildman–Crippen MR) is 150 cm³/mol. The fraction of sp³-hybridized carbons (Fsp3) is 0.125. The molecule has 7 nitrogen and oxygen atoms in total. The van der Waals surface area contributed by atoms with Crippen molar-refractivity contribution in [1.29, 1.82) is 0 Å². The van der Waals surface area contributed by atoms with Crippen LogP contribution in [0, 0.1) is 6.92 Å². The zero-order valence-electron chi connectivity index (χ0n) is 21.5. The molecule has 192 valence electrons. The van der Waals surface area contributed by atoms with E-state index >= 15 is 0 Å². The van der Waals surface area contributed by atoms with Gasteiger partial charge in [0.1, 0.15) is 5.69 Å². The molecule has 2 amide bonds. The molecule has 1 aliphatic heterocycles. The molecule has 0 radical (unpaired) electrons. The molecule has 0 unspecified atom stereocenters. The molecule has 0 fully saturated rings. The van der Waals surface area contributed by atoms with Crippen LogP contribution in [0.25, 0.3) is 11.3 Å². The van der Waals surface area contributed by atoms with Crippen molar-refractivity contribution in [3.05, 3.63) is 137 Å². The normalized spacial score (nSPS) is 12.3. The third-order valence-electron chi connectivity index (χ3n) is 7.07. The average molecular weight is 514 g/mol. The molecule has 0 atom stereocenters. The van der Waals surface area contributed by atoms with Crippen LogP contribution >= 0.6 is 0 Å². The molecule has 0 saturated heterocycles. The second kappa shape index (κ2) is 10.4. The Bertz CT molecular complexity index is 1660. The van der Waals surface area contributed by atoms with Gasteiger partial charge >= 0.3 is 0 Å². The average Bonchev–Trinajstić information content (AvgIpc) is 3.29. The van der Waals surface area contributed by atoms with Crippen LogP contribution in [-0.4, -0.2) is 26.3 Å². The molecule has 0 bridgehead atoms. The molecule has 4 heterocycles. The zero-order valence-corrected chi connectivity index (χ0v) is 21.5. The highest BCUT2D eigenvalue weighted by Gasteiger charge is 2.27. The van der Waals surface area contributed by atoms with Crippen molar-refractivity contribution in [2.75, 3.05) is 4.90 Å². The highest BCUT2D eigenvalue weighted by Crippen LogP contribution is 2.31. The summed E-state index contributed by atoms with van der Waals surface area (Å²) >= 11 is 0. The third-order valence-corrected chi connectivity index (χ3v) is 7.07. The van der Waals surface area contributed by atoms with Crippen molar-refractivity contribution in [1.82, 2.24) is 19.9 Å². The molecule has 2 aromatic carbocycles. The maximum atomic E-state index is 13.9. The van der Waals surface area contributed by atoms with E-state index in [9.17, 15) is 9.59 Å². The van der Waals surface area contributed by atoms with Gasteiger partial charge in [0.2, 0.25) is 0 Å². The molecule has 0 aliphatic carbocycles. The lowest BCUT2D eigenvalue weighted by Crippen LogP contribution is -2.30. The van der Waals surface area contributed by atoms with Crippen molar-refractivity contribution in [3.8, 4) is 11.3 Å². The fourth-order valence-electron chi connectivity index (χ4n) is 5.03. The molecular weight excluding hydrogens is 486 g/mol. The Morgan fingerprint density at radius 2 is 1.69 bits per heavy atom. The third kappa shape index (κ3) is 4.82. The number of pyridine rings is 2. The minimum atomic E-state index is -0.164. The Morgan fingerprint density at radius 1 is 0.872 bits per heavy atom. The maximum absolute atomic E-state index is 13.9. The summed E-state index contributed by atoms with van der Waals surface area (Å²) in [6.07, 6.45) is 5.22. The van der Waals surface area contributed by atoms with Crippen LogP contribution in [0.5, 0.6) is 0 Å². The number of nitrogens with one attached hydrogen (secondary N) is 1. The number of hydrogen-bond acceptors (Lipinski definition) is 4. The Kier molecular flexibility index (Phi) is 6.47. The first-order valence-electron chi connectivity index (χ1n) is 12.9. The minimum absolute atomic E-state index is 0.0935. The number of aromatic nitrogens is 3. The summed E-state index contributed by atoms with van der Waals surface area (Å²) in [6, 6.07) is 26.9. The second-order valence-electron chi connectivity index (χ2n) is 9.61. The van der Waals surface area contributed by atoms with Crippen molar-refractivity contribution in [3.63, 3.8) is 0 Å². The van der Waals surface area contributed by atoms with Gasteiger partial charge < -0.3 is 14.8 Å². The number of hydrogen-bond donors (Lipinski definition) is 1. The lowest BCUT2D eigenvalue weighted by atomic mass is 10.0. The number of anilines is 1. The van der Waals surface area contributed by atoms with Crippen molar-refractivity contribution < 1.29 is 9.59 Å². The monoisotopic (exact) mass is 513 g/mol. The second-order valence-corrected chi connectivity index (χ2v) is 9.61. The number of fused-ring (bicyclic) bond motifs is 2. The first-order valence-corrected chi connectivity index (χ1v) is 12.9. The zero-order chi connectivity index (χ0) is 26.8. The number of carbonyl (C=O) groups is 2. The minimum Gasteiger partial charge on any atom is -0.347 e. The Hall–Kier alpha value is -5.04. The fourth-order valence-corrected chi connectivity index (χ4v) is 5.03. The highest BCUT2D eigenvalue weighted by molar-refractivity contribution is 6.06. The molecule has 3 aromatic heterocycles. The van der Waals surface area contributed by atoms with Gasteiger partial charge in [-0.05, 0) is 66.1 Å². The lowest BCUT2D eigenvalue weighted by Gasteiger charge is -2.23. The van der Waals surface area contributed by atoms with Gasteiger partial charge in [-0.15, -0.1) is 0 Å². The van der Waals surface area contributed by atoms with Crippen LogP contribution in [0.1, 0.15) is 43.2 Å². The van der Waals surface area contributed by atoms with Crippen LogP contribution in [0.2, 0.25) is 0 Å². The Labute approximate surface area is 226 Å². The number of rotatable bonds is 5. The van der Waals surface area contributed by atoms with E-state index in [-0.39, 0.29) is 11.8 Å². The van der Waals surface area contributed by atoms with Gasteiger partial charge in [-0.25, -0.2) is 0 Å². The van der Waals surface area contributed by atoms with E-state index in [0.29, 0.717) is 30.9 Å². The van der Waals surface area contributed by atoms with E-state index in [1.54, 1.807) is 23.5 Å². The largest absolute Gasteiger partial charge is 0.347 e. The van der Waals surface area contributed by atoms with E-state index in [2.05, 4.69) is 15.3 Å². The van der Waals surface area contributed by atoms with E-state index in [4.69, 9.17) is 0 Å². The summed E-state index contributed by atoms with van der Waals surface area (Å²) in [5, 5.41) is 2.99. The summed E-state index contributed by atoms with van der Waals surface area (Å²) in [7, 11) is 0. The van der Waals surface area contributed by atoms with E-state index in [1.807, 2.05) is 96.4 Å². The van der Waals surface area contributed by atoms with Gasteiger partial charge in [0.25, 0.3) is 11.8 Å². The molecule has 39 heavy (non-hydrogen) atoms. The van der Waals surface area contributed by atoms with Gasteiger partial charge in [-0.2, -0.15) is 0 Å². The maximum Gasteiger partial charge on any atom is 0.268 e. The molecule has 5 aromatic rings. The van der Waals surface area contributed by atoms with Crippen LogP contribution in [0.3, 0.4) is 0 Å². The summed E-state index contributed by atoms with van der Waals surface area (Å²) in [5.74, 6) is -0.258. The van der Waals surface area contributed by atoms with Crippen molar-refractivity contribution in [2.24, 2.45) is 0 Å². The smallest absolute Gasteiger partial charge is 0.268 e. The van der Waals surface area contributed by atoms with E-state index in [0.717, 1.165) is 39.3 Å². The molecule has 0 spiro atoms. The molecule has 1 N–H and O–H groups in total. The van der Waals surface area contributed by atoms with E-state index < -0.39 is 0 Å². The number of aryl methyl sites for hydroxylation is 1. The van der Waals surface area contributed by atoms with Crippen LogP contribution in [0.4, 0.5) is 5.69 Å². The summed E-state index contributed by atoms with van der Waals surface area (Å²) < 4.78 is 2.00. The van der Waals surface area contributed by atoms with Crippen LogP contribution in [-0.2, 0) is 19.6 Å². The molecular formula is C32H27N5O2. The lowest BCUT2D eigenvalue weighted by molar-refractivity contribution is 0.0941. The van der Waals surface area contributed by atoms with Crippen molar-refractivity contribution >= 4 is 17.5 Å². The predicted octanol–water partition coefficient (Wildman–Crippen LogP) is 5.39. The summed E-state index contributed by atoms with van der Waals surface area (Å²) in [5.41, 5.74) is 7.76. The van der Waals surface area contributed by atoms with Gasteiger partial charge in [-0.1, -0.05) is 42.5 Å². The quantitative estimate of drug-likeness (QED) is 0.342. The van der Waals surface area contributed by atoms with Crippen molar-refractivity contribution in [2.45, 2.75) is 26.6 Å². The summed E-state index contributed by atoms with van der Waals surface area (Å²) in [4.78, 5) is 37.4. The molecule has 6 rings (SSSR count).